The van der Waals surface area contributed by atoms with E-state index in [1.807, 2.05) is 0 Å². The second kappa shape index (κ2) is 18.0. The van der Waals surface area contributed by atoms with E-state index in [2.05, 4.69) is 27.7 Å². The molecule has 0 rings (SSSR count). The first-order valence-corrected chi connectivity index (χ1v) is 10.7. The van der Waals surface area contributed by atoms with Crippen LogP contribution < -0.4 is 18.1 Å². The maximum absolute atomic E-state index is 5.70. The van der Waals surface area contributed by atoms with Crippen molar-refractivity contribution in [3.63, 3.8) is 0 Å². The first-order valence-electron chi connectivity index (χ1n) is 10.7. The molecular weight excluding hydrogens is 316 g/mol. The minimum atomic E-state index is 0. The summed E-state index contributed by atoms with van der Waals surface area (Å²) in [5.41, 5.74) is 5.70. The highest BCUT2D eigenvalue weighted by atomic mass is 35.5. The molecule has 0 heterocycles. The Bertz CT molecular complexity index is 242. The van der Waals surface area contributed by atoms with Crippen LogP contribution >= 0.6 is 0 Å². The normalized spacial score (nSPS) is 12.9. The summed E-state index contributed by atoms with van der Waals surface area (Å²) in [5.74, 6) is 0. The molecule has 0 aliphatic rings. The standard InChI is InChI=1S/C21H47N2.ClH/c1-5-8-9-10-11-12-13-14-15-16-20-23(6-2,7-3)21(4)18-17-19-22;/h21H,5-20,22H2,1-4H3;1H/q+1;/p-1. The van der Waals surface area contributed by atoms with Crippen molar-refractivity contribution in [2.75, 3.05) is 26.2 Å². The second-order valence-electron chi connectivity index (χ2n) is 7.54. The fraction of sp³-hybridized carbons (Fsp3) is 1.00. The molecule has 2 nitrogen and oxygen atoms in total. The van der Waals surface area contributed by atoms with Gasteiger partial charge in [0.15, 0.2) is 0 Å². The summed E-state index contributed by atoms with van der Waals surface area (Å²) >= 11 is 0. The highest BCUT2D eigenvalue weighted by Crippen LogP contribution is 2.20. The van der Waals surface area contributed by atoms with Crippen molar-refractivity contribution >= 4 is 0 Å². The molecule has 1 atom stereocenters. The van der Waals surface area contributed by atoms with E-state index < -0.39 is 0 Å². The predicted octanol–water partition coefficient (Wildman–Crippen LogP) is 2.90. The summed E-state index contributed by atoms with van der Waals surface area (Å²) in [4.78, 5) is 0. The van der Waals surface area contributed by atoms with Crippen molar-refractivity contribution in [2.24, 2.45) is 5.73 Å². The summed E-state index contributed by atoms with van der Waals surface area (Å²) in [6.45, 7) is 14.3. The fourth-order valence-electron chi connectivity index (χ4n) is 3.98. The number of rotatable bonds is 17. The number of halogens is 1. The van der Waals surface area contributed by atoms with Crippen molar-refractivity contribution in [1.29, 1.82) is 0 Å². The van der Waals surface area contributed by atoms with Gasteiger partial charge in [-0.1, -0.05) is 58.3 Å². The van der Waals surface area contributed by atoms with Crippen LogP contribution in [0.1, 0.15) is 105 Å². The Kier molecular flexibility index (Phi) is 19.8. The Morgan fingerprint density at radius 2 is 1.17 bits per heavy atom. The van der Waals surface area contributed by atoms with Gasteiger partial charge in [-0.3, -0.25) is 0 Å². The van der Waals surface area contributed by atoms with Crippen molar-refractivity contribution in [3.05, 3.63) is 0 Å². The lowest BCUT2D eigenvalue weighted by Crippen LogP contribution is -3.00. The molecule has 0 saturated heterocycles. The molecule has 0 aliphatic carbocycles. The molecule has 0 fully saturated rings. The van der Waals surface area contributed by atoms with Gasteiger partial charge in [-0.2, -0.15) is 0 Å². The van der Waals surface area contributed by atoms with Gasteiger partial charge in [0.1, 0.15) is 0 Å². The van der Waals surface area contributed by atoms with Crippen LogP contribution in [0.2, 0.25) is 0 Å². The van der Waals surface area contributed by atoms with Crippen LogP contribution in [0.3, 0.4) is 0 Å². The molecule has 0 aromatic rings. The third-order valence-corrected chi connectivity index (χ3v) is 5.98. The van der Waals surface area contributed by atoms with Crippen molar-refractivity contribution in [3.8, 4) is 0 Å². The largest absolute Gasteiger partial charge is 1.00 e. The Morgan fingerprint density at radius 3 is 1.58 bits per heavy atom. The molecule has 2 N–H and O–H groups in total. The van der Waals surface area contributed by atoms with Gasteiger partial charge in [-0.05, 0) is 46.6 Å². The molecule has 0 aliphatic heterocycles. The van der Waals surface area contributed by atoms with E-state index >= 15 is 0 Å². The number of hydrogen-bond acceptors (Lipinski definition) is 1. The van der Waals surface area contributed by atoms with Gasteiger partial charge in [0.05, 0.1) is 25.7 Å². The maximum atomic E-state index is 5.70. The lowest BCUT2D eigenvalue weighted by atomic mass is 10.0. The first-order chi connectivity index (χ1) is 11.2. The van der Waals surface area contributed by atoms with Crippen molar-refractivity contribution in [1.82, 2.24) is 0 Å². The maximum Gasteiger partial charge on any atom is 0.0862 e. The van der Waals surface area contributed by atoms with Crippen LogP contribution in [0.25, 0.3) is 0 Å². The zero-order valence-corrected chi connectivity index (χ0v) is 18.0. The van der Waals surface area contributed by atoms with Crippen LogP contribution in [0, 0.1) is 0 Å². The molecule has 0 aromatic carbocycles. The van der Waals surface area contributed by atoms with E-state index in [0.29, 0.717) is 0 Å². The Labute approximate surface area is 160 Å². The molecule has 0 amide bonds. The number of unbranched alkanes of at least 4 members (excludes halogenated alkanes) is 9. The number of nitrogens with zero attached hydrogens (tertiary/aromatic N) is 1. The van der Waals surface area contributed by atoms with Gasteiger partial charge in [-0.25, -0.2) is 0 Å². The summed E-state index contributed by atoms with van der Waals surface area (Å²) in [7, 11) is 0. The first kappa shape index (κ1) is 26.4. The lowest BCUT2D eigenvalue weighted by Gasteiger charge is -2.42. The van der Waals surface area contributed by atoms with Gasteiger partial charge >= 0.3 is 0 Å². The monoisotopic (exact) mass is 362 g/mol. The van der Waals surface area contributed by atoms with Crippen LogP contribution in [0.4, 0.5) is 0 Å². The summed E-state index contributed by atoms with van der Waals surface area (Å²) in [6, 6.07) is 0.770. The average molecular weight is 363 g/mol. The van der Waals surface area contributed by atoms with Gasteiger partial charge in [-0.15, -0.1) is 0 Å². The number of quaternary nitrogens is 1. The molecule has 0 saturated carbocycles. The van der Waals surface area contributed by atoms with Crippen LogP contribution in [0.5, 0.6) is 0 Å². The van der Waals surface area contributed by atoms with E-state index in [1.54, 1.807) is 0 Å². The van der Waals surface area contributed by atoms with Gasteiger partial charge in [0, 0.05) is 6.42 Å². The second-order valence-corrected chi connectivity index (χ2v) is 7.54. The fourth-order valence-corrected chi connectivity index (χ4v) is 3.98. The van der Waals surface area contributed by atoms with Gasteiger partial charge in [0.25, 0.3) is 0 Å². The van der Waals surface area contributed by atoms with E-state index in [9.17, 15) is 0 Å². The summed E-state index contributed by atoms with van der Waals surface area (Å²) in [6.07, 6.45) is 16.8. The molecular formula is C21H47ClN2. The zero-order chi connectivity index (χ0) is 17.4. The molecule has 0 radical (unpaired) electrons. The zero-order valence-electron chi connectivity index (χ0n) is 17.3. The Hall–Kier alpha value is 0.210. The topological polar surface area (TPSA) is 26.0 Å². The molecule has 148 valence electrons. The van der Waals surface area contributed by atoms with E-state index in [0.717, 1.165) is 12.6 Å². The van der Waals surface area contributed by atoms with Crippen LogP contribution in [-0.4, -0.2) is 36.7 Å². The van der Waals surface area contributed by atoms with Crippen molar-refractivity contribution < 1.29 is 16.9 Å². The molecule has 3 heteroatoms. The minimum absolute atomic E-state index is 0. The smallest absolute Gasteiger partial charge is 0.0862 e. The average Bonchev–Trinajstić information content (AvgIpc) is 2.58. The predicted molar refractivity (Wildman–Crippen MR) is 106 cm³/mol. The summed E-state index contributed by atoms with van der Waals surface area (Å²) in [5, 5.41) is 0. The lowest BCUT2D eigenvalue weighted by molar-refractivity contribution is -0.947. The molecule has 1 unspecified atom stereocenters. The van der Waals surface area contributed by atoms with E-state index in [4.69, 9.17) is 5.73 Å². The highest BCUT2D eigenvalue weighted by molar-refractivity contribution is 4.57. The third kappa shape index (κ3) is 11.7. The SMILES string of the molecule is CCCCCCCCCCCC[N+](CC)(CC)C(C)CCCN.[Cl-]. The Morgan fingerprint density at radius 1 is 0.708 bits per heavy atom. The molecule has 24 heavy (non-hydrogen) atoms. The van der Waals surface area contributed by atoms with E-state index in [1.165, 1.54) is 101 Å². The molecule has 0 spiro atoms. The third-order valence-electron chi connectivity index (χ3n) is 5.98. The summed E-state index contributed by atoms with van der Waals surface area (Å²) < 4.78 is 1.30. The van der Waals surface area contributed by atoms with Gasteiger partial charge < -0.3 is 22.6 Å². The highest BCUT2D eigenvalue weighted by Gasteiger charge is 2.29. The van der Waals surface area contributed by atoms with Crippen molar-refractivity contribution in [2.45, 2.75) is 111 Å². The minimum Gasteiger partial charge on any atom is -1.00 e. The molecule has 0 bridgehead atoms. The van der Waals surface area contributed by atoms with Gasteiger partial charge in [0.2, 0.25) is 0 Å². The van der Waals surface area contributed by atoms with E-state index in [-0.39, 0.29) is 12.4 Å². The van der Waals surface area contributed by atoms with Crippen LogP contribution in [-0.2, 0) is 0 Å². The Balaban J connectivity index is 0. The number of nitrogens with two attached hydrogens (primary N) is 1. The molecule has 0 aromatic heterocycles. The van der Waals surface area contributed by atoms with Crippen LogP contribution in [0.15, 0.2) is 0 Å². The number of hydrogen-bond donors (Lipinski definition) is 1. The quantitative estimate of drug-likeness (QED) is 0.312.